The Morgan fingerprint density at radius 3 is 3.10 bits per heavy atom. The van der Waals surface area contributed by atoms with Crippen LogP contribution in [0.4, 0.5) is 0 Å². The summed E-state index contributed by atoms with van der Waals surface area (Å²) in [6.07, 6.45) is 1.50. The van der Waals surface area contributed by atoms with E-state index in [4.69, 9.17) is 16.3 Å². The number of hydrogen-bond acceptors (Lipinski definition) is 5. The number of thiophene rings is 2. The van der Waals surface area contributed by atoms with Crippen LogP contribution in [-0.2, 0) is 11.3 Å². The first-order chi connectivity index (χ1) is 9.70. The van der Waals surface area contributed by atoms with Crippen LogP contribution < -0.4 is 0 Å². The van der Waals surface area contributed by atoms with E-state index in [0.717, 1.165) is 9.40 Å². The summed E-state index contributed by atoms with van der Waals surface area (Å²) in [5, 5.41) is 6.53. The van der Waals surface area contributed by atoms with Crippen molar-refractivity contribution < 1.29 is 9.53 Å². The van der Waals surface area contributed by atoms with Gasteiger partial charge in [-0.3, -0.25) is 9.48 Å². The van der Waals surface area contributed by atoms with Crippen LogP contribution in [0.1, 0.15) is 15.4 Å². The van der Waals surface area contributed by atoms with E-state index < -0.39 is 0 Å². The van der Waals surface area contributed by atoms with Gasteiger partial charge in [-0.05, 0) is 17.5 Å². The Morgan fingerprint density at radius 2 is 2.35 bits per heavy atom. The second kappa shape index (κ2) is 5.65. The number of ketones is 1. The van der Waals surface area contributed by atoms with Gasteiger partial charge in [-0.15, -0.1) is 22.7 Å². The van der Waals surface area contributed by atoms with E-state index in [1.807, 2.05) is 17.5 Å². The van der Waals surface area contributed by atoms with Crippen molar-refractivity contribution in [2.24, 2.45) is 0 Å². The molecule has 0 aliphatic rings. The number of aromatic nitrogens is 2. The van der Waals surface area contributed by atoms with Crippen LogP contribution in [0.5, 0.6) is 0 Å². The molecule has 3 heterocycles. The summed E-state index contributed by atoms with van der Waals surface area (Å²) in [5.41, 5.74) is 0.428. The molecule has 0 atom stereocenters. The van der Waals surface area contributed by atoms with E-state index in [0.29, 0.717) is 28.7 Å². The third kappa shape index (κ3) is 2.40. The molecule has 0 spiro atoms. The molecule has 4 nitrogen and oxygen atoms in total. The molecule has 3 rings (SSSR count). The van der Waals surface area contributed by atoms with Crippen LogP contribution in [0, 0.1) is 0 Å². The standard InChI is InChI=1S/C13H11ClN2O2S2/c1-18-4-3-16-12(8(14)7-15-16)13(17)11-6-10-9(20-11)2-5-19-10/h2,5-7H,3-4H2,1H3. The summed E-state index contributed by atoms with van der Waals surface area (Å²) in [6.45, 7) is 0.988. The zero-order valence-electron chi connectivity index (χ0n) is 10.6. The van der Waals surface area contributed by atoms with Crippen LogP contribution in [0.15, 0.2) is 23.7 Å². The number of rotatable bonds is 5. The molecule has 0 fully saturated rings. The van der Waals surface area contributed by atoms with Crippen molar-refractivity contribution in [1.82, 2.24) is 9.78 Å². The molecule has 0 aliphatic carbocycles. The SMILES string of the molecule is COCCn1ncc(Cl)c1C(=O)c1cc2sccc2s1. The number of methoxy groups -OCH3 is 1. The fraction of sp³-hybridized carbons (Fsp3) is 0.231. The topological polar surface area (TPSA) is 44.1 Å². The van der Waals surface area contributed by atoms with Crippen LogP contribution in [-0.4, -0.2) is 29.3 Å². The molecule has 0 saturated carbocycles. The van der Waals surface area contributed by atoms with Gasteiger partial charge in [0.05, 0.1) is 29.2 Å². The first-order valence-corrected chi connectivity index (χ1v) is 8.00. The molecular formula is C13H11ClN2O2S2. The highest BCUT2D eigenvalue weighted by Crippen LogP contribution is 2.32. The summed E-state index contributed by atoms with van der Waals surface area (Å²) in [7, 11) is 1.61. The Bertz CT molecular complexity index is 731. The Labute approximate surface area is 128 Å². The second-order valence-corrected chi connectivity index (χ2v) is 6.58. The number of hydrogen-bond donors (Lipinski definition) is 0. The number of carbonyl (C=O) groups excluding carboxylic acids is 1. The predicted molar refractivity (Wildman–Crippen MR) is 82.2 cm³/mol. The lowest BCUT2D eigenvalue weighted by molar-refractivity contribution is 0.102. The lowest BCUT2D eigenvalue weighted by atomic mass is 10.2. The molecule has 3 aromatic rings. The minimum atomic E-state index is -0.0861. The van der Waals surface area contributed by atoms with E-state index in [2.05, 4.69) is 5.10 Å². The summed E-state index contributed by atoms with van der Waals surface area (Å²) in [6, 6.07) is 3.93. The molecule has 7 heteroatoms. The molecule has 104 valence electrons. The van der Waals surface area contributed by atoms with Crippen molar-refractivity contribution in [2.75, 3.05) is 13.7 Å². The highest BCUT2D eigenvalue weighted by Gasteiger charge is 2.21. The third-order valence-corrected chi connectivity index (χ3v) is 5.25. The van der Waals surface area contributed by atoms with Gasteiger partial charge in [-0.2, -0.15) is 5.10 Å². The lowest BCUT2D eigenvalue weighted by Crippen LogP contribution is -2.14. The van der Waals surface area contributed by atoms with E-state index >= 15 is 0 Å². The van der Waals surface area contributed by atoms with Gasteiger partial charge in [-0.25, -0.2) is 0 Å². The number of ether oxygens (including phenoxy) is 1. The average molecular weight is 327 g/mol. The second-order valence-electron chi connectivity index (χ2n) is 4.15. The minimum absolute atomic E-state index is 0.0861. The Hall–Kier alpha value is -1.21. The molecule has 3 aromatic heterocycles. The summed E-state index contributed by atoms with van der Waals surface area (Å²) in [5.74, 6) is -0.0861. The molecule has 0 radical (unpaired) electrons. The van der Waals surface area contributed by atoms with E-state index in [1.54, 1.807) is 23.1 Å². The number of carbonyl (C=O) groups is 1. The fourth-order valence-corrected chi connectivity index (χ4v) is 4.21. The van der Waals surface area contributed by atoms with Gasteiger partial charge >= 0.3 is 0 Å². The number of halogens is 1. The van der Waals surface area contributed by atoms with E-state index in [-0.39, 0.29) is 5.78 Å². The van der Waals surface area contributed by atoms with Gasteiger partial charge in [0.15, 0.2) is 0 Å². The highest BCUT2D eigenvalue weighted by atomic mass is 35.5. The number of fused-ring (bicyclic) bond motifs is 1. The normalized spacial score (nSPS) is 11.3. The van der Waals surface area contributed by atoms with Gasteiger partial charge in [0.2, 0.25) is 5.78 Å². The van der Waals surface area contributed by atoms with Gasteiger partial charge < -0.3 is 4.74 Å². The summed E-state index contributed by atoms with van der Waals surface area (Å²) >= 11 is 9.21. The third-order valence-electron chi connectivity index (χ3n) is 2.88. The van der Waals surface area contributed by atoms with Crippen LogP contribution >= 0.6 is 34.3 Å². The number of nitrogens with zero attached hydrogens (tertiary/aromatic N) is 2. The Balaban J connectivity index is 1.97. The molecule has 0 aliphatic heterocycles. The first kappa shape index (κ1) is 13.8. The molecule has 0 aromatic carbocycles. The quantitative estimate of drug-likeness (QED) is 0.672. The van der Waals surface area contributed by atoms with E-state index in [9.17, 15) is 4.79 Å². The average Bonchev–Trinajstić information content (AvgIpc) is 3.09. The molecule has 20 heavy (non-hydrogen) atoms. The summed E-state index contributed by atoms with van der Waals surface area (Å²) in [4.78, 5) is 13.3. The van der Waals surface area contributed by atoms with Gasteiger partial charge in [-0.1, -0.05) is 11.6 Å². The van der Waals surface area contributed by atoms with Gasteiger partial charge in [0.25, 0.3) is 0 Å². The first-order valence-electron chi connectivity index (χ1n) is 5.92. The van der Waals surface area contributed by atoms with Gasteiger partial charge in [0, 0.05) is 16.5 Å². The smallest absolute Gasteiger partial charge is 0.222 e. The van der Waals surface area contributed by atoms with Crippen LogP contribution in [0.2, 0.25) is 5.02 Å². The molecular weight excluding hydrogens is 316 g/mol. The zero-order chi connectivity index (χ0) is 14.1. The Morgan fingerprint density at radius 1 is 1.50 bits per heavy atom. The maximum atomic E-state index is 12.6. The van der Waals surface area contributed by atoms with Crippen molar-refractivity contribution in [3.8, 4) is 0 Å². The maximum absolute atomic E-state index is 12.6. The highest BCUT2D eigenvalue weighted by molar-refractivity contribution is 7.28. The van der Waals surface area contributed by atoms with Crippen molar-refractivity contribution >= 4 is 49.5 Å². The van der Waals surface area contributed by atoms with E-state index in [1.165, 1.54) is 17.5 Å². The molecule has 0 bridgehead atoms. The largest absolute Gasteiger partial charge is 0.383 e. The monoisotopic (exact) mass is 326 g/mol. The molecule has 0 N–H and O–H groups in total. The Kier molecular flexibility index (Phi) is 3.89. The van der Waals surface area contributed by atoms with Crippen molar-refractivity contribution in [1.29, 1.82) is 0 Å². The molecule has 0 saturated heterocycles. The van der Waals surface area contributed by atoms with Crippen molar-refractivity contribution in [3.05, 3.63) is 39.3 Å². The predicted octanol–water partition coefficient (Wildman–Crippen LogP) is 3.69. The van der Waals surface area contributed by atoms with Crippen LogP contribution in [0.25, 0.3) is 9.40 Å². The van der Waals surface area contributed by atoms with Crippen LogP contribution in [0.3, 0.4) is 0 Å². The van der Waals surface area contributed by atoms with Crippen molar-refractivity contribution in [2.45, 2.75) is 6.54 Å². The summed E-state index contributed by atoms with van der Waals surface area (Å²) < 4.78 is 8.86. The lowest BCUT2D eigenvalue weighted by Gasteiger charge is -2.05. The maximum Gasteiger partial charge on any atom is 0.222 e. The fourth-order valence-electron chi connectivity index (χ4n) is 1.93. The molecule has 0 amide bonds. The minimum Gasteiger partial charge on any atom is -0.383 e. The zero-order valence-corrected chi connectivity index (χ0v) is 13.0. The van der Waals surface area contributed by atoms with Crippen molar-refractivity contribution in [3.63, 3.8) is 0 Å². The molecule has 0 unspecified atom stereocenters. The van der Waals surface area contributed by atoms with Gasteiger partial charge in [0.1, 0.15) is 5.69 Å².